The molecule has 0 fully saturated rings. The molecule has 1 aromatic heterocycles. The van der Waals surface area contributed by atoms with Crippen LogP contribution in [0.4, 0.5) is 17.6 Å². The van der Waals surface area contributed by atoms with Gasteiger partial charge in [0.1, 0.15) is 5.82 Å². The van der Waals surface area contributed by atoms with E-state index in [1.54, 1.807) is 42.5 Å². The zero-order chi connectivity index (χ0) is 20.8. The van der Waals surface area contributed by atoms with E-state index in [0.29, 0.717) is 32.7 Å². The van der Waals surface area contributed by atoms with Crippen LogP contribution < -0.4 is 16.4 Å². The van der Waals surface area contributed by atoms with Crippen LogP contribution in [-0.4, -0.2) is 27.4 Å². The van der Waals surface area contributed by atoms with Crippen LogP contribution in [0, 0.1) is 11.3 Å². The lowest BCUT2D eigenvalue weighted by molar-refractivity contribution is -0.116. The van der Waals surface area contributed by atoms with E-state index in [0.717, 1.165) is 0 Å². The van der Waals surface area contributed by atoms with Gasteiger partial charge in [0.05, 0.1) is 18.2 Å². The zero-order valence-corrected chi connectivity index (χ0v) is 16.5. The van der Waals surface area contributed by atoms with E-state index in [1.807, 2.05) is 0 Å². The van der Waals surface area contributed by atoms with Gasteiger partial charge in [0.2, 0.25) is 17.8 Å². The first kappa shape index (κ1) is 20.3. The first-order valence-corrected chi connectivity index (χ1v) is 9.17. The van der Waals surface area contributed by atoms with Gasteiger partial charge in [0.15, 0.2) is 0 Å². The van der Waals surface area contributed by atoms with Gasteiger partial charge >= 0.3 is 0 Å². The first-order valence-electron chi connectivity index (χ1n) is 8.42. The van der Waals surface area contributed by atoms with Crippen molar-refractivity contribution in [3.63, 3.8) is 0 Å². The third kappa shape index (κ3) is 5.54. The van der Waals surface area contributed by atoms with Crippen LogP contribution in [-0.2, 0) is 11.2 Å². The highest BCUT2D eigenvalue weighted by Gasteiger charge is 2.12. The molecule has 4 N–H and O–H groups in total. The summed E-state index contributed by atoms with van der Waals surface area (Å²) in [4.78, 5) is 24.0. The van der Waals surface area contributed by atoms with Gasteiger partial charge in [-0.15, -0.1) is 0 Å². The monoisotopic (exact) mass is 427 g/mol. The number of amides is 1. The second-order valence-electron chi connectivity index (χ2n) is 5.91. The third-order valence-electron chi connectivity index (χ3n) is 3.77. The molecule has 0 atom stereocenters. The van der Waals surface area contributed by atoms with E-state index in [4.69, 9.17) is 34.2 Å². The molecule has 8 nitrogen and oxygen atoms in total. The highest BCUT2D eigenvalue weighted by Crippen LogP contribution is 2.26. The number of carbonyl (C=O) groups excluding carboxylic acids is 1. The number of benzene rings is 2. The number of anilines is 3. The number of nitrogens with two attached hydrogens (primary N) is 1. The van der Waals surface area contributed by atoms with E-state index in [1.165, 1.54) is 0 Å². The van der Waals surface area contributed by atoms with E-state index in [-0.39, 0.29) is 24.9 Å². The summed E-state index contributed by atoms with van der Waals surface area (Å²) in [6.45, 7) is -0.132. The maximum absolute atomic E-state index is 11.1. The number of primary amides is 1. The zero-order valence-electron chi connectivity index (χ0n) is 15.0. The Labute approximate surface area is 176 Å². The van der Waals surface area contributed by atoms with Gasteiger partial charge in [-0.2, -0.15) is 20.2 Å². The fraction of sp³-hybridized carbons (Fsp3) is 0.105. The number of halogens is 2. The highest BCUT2D eigenvalue weighted by molar-refractivity contribution is 6.36. The number of aromatic nitrogens is 3. The summed E-state index contributed by atoms with van der Waals surface area (Å²) < 4.78 is 0. The van der Waals surface area contributed by atoms with Crippen LogP contribution in [0.1, 0.15) is 17.0 Å². The Hall–Kier alpha value is -3.41. The number of nitrogens with one attached hydrogen (secondary N) is 2. The lowest BCUT2D eigenvalue weighted by Crippen LogP contribution is -2.23. The summed E-state index contributed by atoms with van der Waals surface area (Å²) in [7, 11) is 0. The molecule has 3 rings (SSSR count). The molecule has 0 aliphatic carbocycles. The van der Waals surface area contributed by atoms with Crippen LogP contribution in [0.3, 0.4) is 0 Å². The van der Waals surface area contributed by atoms with Gasteiger partial charge in [0.25, 0.3) is 0 Å². The quantitative estimate of drug-likeness (QED) is 0.527. The highest BCUT2D eigenvalue weighted by atomic mass is 35.5. The predicted octanol–water partition coefficient (Wildman–Crippen LogP) is 3.28. The number of carbonyl (C=O) groups is 1. The summed E-state index contributed by atoms with van der Waals surface area (Å²) >= 11 is 12.5. The molecule has 0 bridgehead atoms. The maximum Gasteiger partial charge on any atom is 0.236 e. The van der Waals surface area contributed by atoms with Crippen molar-refractivity contribution in [1.29, 1.82) is 5.26 Å². The maximum atomic E-state index is 11.1. The van der Waals surface area contributed by atoms with Crippen molar-refractivity contribution in [2.24, 2.45) is 5.73 Å². The van der Waals surface area contributed by atoms with Crippen molar-refractivity contribution < 1.29 is 4.79 Å². The summed E-state index contributed by atoms with van der Waals surface area (Å²) in [6, 6.07) is 14.0. The SMILES string of the molecule is N#Cc1ccc(Nc2nc(Cc3c(Cl)cccc3Cl)nc(NCC(N)=O)n2)cc1. The minimum absolute atomic E-state index is 0.132. The molecule has 3 aromatic rings. The van der Waals surface area contributed by atoms with Crippen LogP contribution >= 0.6 is 23.2 Å². The van der Waals surface area contributed by atoms with Crippen molar-refractivity contribution in [3.05, 3.63) is 69.5 Å². The standard InChI is InChI=1S/C19H15Cl2N7O/c20-14-2-1-3-15(21)13(14)8-17-26-18(24-10-16(23)29)28-19(27-17)25-12-6-4-11(9-22)5-7-12/h1-7H,8,10H2,(H2,23,29)(H2,24,25,26,27,28). The molecule has 146 valence electrons. The van der Waals surface area contributed by atoms with Crippen molar-refractivity contribution in [1.82, 2.24) is 15.0 Å². The number of nitrogens with zero attached hydrogens (tertiary/aromatic N) is 4. The van der Waals surface area contributed by atoms with E-state index < -0.39 is 5.91 Å². The average molecular weight is 428 g/mol. The molecule has 0 aliphatic heterocycles. The molecular weight excluding hydrogens is 413 g/mol. The first-order chi connectivity index (χ1) is 13.9. The molecule has 2 aromatic carbocycles. The van der Waals surface area contributed by atoms with Gasteiger partial charge in [-0.05, 0) is 42.0 Å². The number of hydrogen-bond acceptors (Lipinski definition) is 7. The van der Waals surface area contributed by atoms with E-state index in [2.05, 4.69) is 31.7 Å². The van der Waals surface area contributed by atoms with E-state index in [9.17, 15) is 4.79 Å². The lowest BCUT2D eigenvalue weighted by Gasteiger charge is -2.11. The largest absolute Gasteiger partial charge is 0.368 e. The molecule has 0 aliphatic rings. The Bertz CT molecular complexity index is 1060. The Morgan fingerprint density at radius 2 is 1.69 bits per heavy atom. The Kier molecular flexibility index (Phi) is 6.44. The summed E-state index contributed by atoms with van der Waals surface area (Å²) in [6.07, 6.45) is 0.258. The second kappa shape index (κ2) is 9.19. The van der Waals surface area contributed by atoms with Crippen LogP contribution in [0.15, 0.2) is 42.5 Å². The van der Waals surface area contributed by atoms with Crippen molar-refractivity contribution >= 4 is 46.7 Å². The predicted molar refractivity (Wildman–Crippen MR) is 111 cm³/mol. The van der Waals surface area contributed by atoms with Crippen molar-refractivity contribution in [2.45, 2.75) is 6.42 Å². The summed E-state index contributed by atoms with van der Waals surface area (Å²) in [5.41, 5.74) is 7.06. The van der Waals surface area contributed by atoms with Crippen molar-refractivity contribution in [3.8, 4) is 6.07 Å². The number of hydrogen-bond donors (Lipinski definition) is 3. The molecular formula is C19H15Cl2N7O. The van der Waals surface area contributed by atoms with Crippen LogP contribution in [0.5, 0.6) is 0 Å². The molecule has 10 heteroatoms. The van der Waals surface area contributed by atoms with Crippen LogP contribution in [0.2, 0.25) is 10.0 Å². The molecule has 0 saturated carbocycles. The van der Waals surface area contributed by atoms with Gasteiger partial charge in [-0.25, -0.2) is 0 Å². The minimum Gasteiger partial charge on any atom is -0.368 e. The normalized spacial score (nSPS) is 10.2. The molecule has 0 unspecified atom stereocenters. The second-order valence-corrected chi connectivity index (χ2v) is 6.72. The smallest absolute Gasteiger partial charge is 0.236 e. The Morgan fingerprint density at radius 1 is 1.03 bits per heavy atom. The lowest BCUT2D eigenvalue weighted by atomic mass is 10.1. The molecule has 29 heavy (non-hydrogen) atoms. The molecule has 1 amide bonds. The van der Waals surface area contributed by atoms with Gasteiger partial charge in [-0.1, -0.05) is 29.3 Å². The van der Waals surface area contributed by atoms with Crippen molar-refractivity contribution in [2.75, 3.05) is 17.2 Å². The van der Waals surface area contributed by atoms with Gasteiger partial charge in [-0.3, -0.25) is 4.79 Å². The van der Waals surface area contributed by atoms with Crippen LogP contribution in [0.25, 0.3) is 0 Å². The summed E-state index contributed by atoms with van der Waals surface area (Å²) in [5, 5.41) is 15.7. The minimum atomic E-state index is -0.553. The third-order valence-corrected chi connectivity index (χ3v) is 4.48. The topological polar surface area (TPSA) is 130 Å². The molecule has 0 saturated heterocycles. The number of rotatable bonds is 7. The molecule has 0 spiro atoms. The molecule has 0 radical (unpaired) electrons. The average Bonchev–Trinajstić information content (AvgIpc) is 2.70. The van der Waals surface area contributed by atoms with E-state index >= 15 is 0 Å². The Balaban J connectivity index is 1.92. The number of nitriles is 1. The van der Waals surface area contributed by atoms with Gasteiger partial charge < -0.3 is 16.4 Å². The Morgan fingerprint density at radius 3 is 2.31 bits per heavy atom. The molecule has 1 heterocycles. The summed E-state index contributed by atoms with van der Waals surface area (Å²) in [5.74, 6) is 0.254. The van der Waals surface area contributed by atoms with Gasteiger partial charge in [0, 0.05) is 22.2 Å². The fourth-order valence-corrected chi connectivity index (χ4v) is 2.95. The fourth-order valence-electron chi connectivity index (χ4n) is 2.42.